The van der Waals surface area contributed by atoms with Crippen molar-refractivity contribution < 1.29 is 0 Å². The van der Waals surface area contributed by atoms with E-state index in [0.717, 1.165) is 10.2 Å². The van der Waals surface area contributed by atoms with Crippen molar-refractivity contribution in [1.29, 1.82) is 0 Å². The lowest BCUT2D eigenvalue weighted by atomic mass is 10.4. The molecule has 0 radical (unpaired) electrons. The van der Waals surface area contributed by atoms with Crippen molar-refractivity contribution >= 4 is 15.9 Å². The van der Waals surface area contributed by atoms with Gasteiger partial charge in [-0.15, -0.1) is 0 Å². The fourth-order valence-corrected chi connectivity index (χ4v) is 0.934. The van der Waals surface area contributed by atoms with Gasteiger partial charge < -0.3 is 10.7 Å². The summed E-state index contributed by atoms with van der Waals surface area (Å²) in [4.78, 5) is 2.96. The first-order valence-corrected chi connectivity index (χ1v) is 3.15. The highest BCUT2D eigenvalue weighted by molar-refractivity contribution is 9.10. The Labute approximate surface area is 56.2 Å². The molecule has 0 fully saturated rings. The van der Waals surface area contributed by atoms with E-state index >= 15 is 0 Å². The van der Waals surface area contributed by atoms with Crippen molar-refractivity contribution in [3.05, 3.63) is 22.4 Å². The van der Waals surface area contributed by atoms with Gasteiger partial charge in [0.15, 0.2) is 0 Å². The zero-order chi connectivity index (χ0) is 5.98. The molecule has 0 aliphatic rings. The molecule has 0 aromatic carbocycles. The van der Waals surface area contributed by atoms with Crippen LogP contribution in [0.4, 0.5) is 0 Å². The van der Waals surface area contributed by atoms with Crippen LogP contribution in [0.3, 0.4) is 0 Å². The molecule has 0 bridgehead atoms. The summed E-state index contributed by atoms with van der Waals surface area (Å²) < 4.78 is 0.984. The lowest BCUT2D eigenvalue weighted by molar-refractivity contribution is 1.07. The Kier molecular flexibility index (Phi) is 1.70. The first kappa shape index (κ1) is 5.85. The molecule has 0 aliphatic carbocycles. The molecule has 0 aliphatic heterocycles. The third-order valence-electron chi connectivity index (χ3n) is 0.943. The summed E-state index contributed by atoms with van der Waals surface area (Å²) >= 11 is 3.26. The molecule has 1 heterocycles. The van der Waals surface area contributed by atoms with Crippen molar-refractivity contribution in [1.82, 2.24) is 4.98 Å². The van der Waals surface area contributed by atoms with Gasteiger partial charge in [0.25, 0.3) is 0 Å². The van der Waals surface area contributed by atoms with Crippen molar-refractivity contribution in [3.63, 3.8) is 0 Å². The molecule has 0 amide bonds. The van der Waals surface area contributed by atoms with Gasteiger partial charge in [0.1, 0.15) is 0 Å². The first-order chi connectivity index (χ1) is 3.83. The number of aromatic nitrogens is 1. The van der Waals surface area contributed by atoms with Gasteiger partial charge in [-0.2, -0.15) is 0 Å². The minimum absolute atomic E-state index is 0.599. The van der Waals surface area contributed by atoms with Gasteiger partial charge >= 0.3 is 0 Å². The molecule has 3 heteroatoms. The van der Waals surface area contributed by atoms with Gasteiger partial charge in [-0.3, -0.25) is 0 Å². The molecule has 1 aromatic rings. The second kappa shape index (κ2) is 2.33. The maximum Gasteiger partial charge on any atom is 0.0823 e. The largest absolute Gasteiger partial charge is 0.356 e. The topological polar surface area (TPSA) is 41.8 Å². The third kappa shape index (κ3) is 1.11. The maximum absolute atomic E-state index is 5.32. The van der Waals surface area contributed by atoms with Crippen LogP contribution >= 0.6 is 15.9 Å². The van der Waals surface area contributed by atoms with Crippen molar-refractivity contribution in [2.75, 3.05) is 0 Å². The van der Waals surface area contributed by atoms with Crippen LogP contribution in [0, 0.1) is 0 Å². The van der Waals surface area contributed by atoms with Crippen LogP contribution in [0.5, 0.6) is 0 Å². The van der Waals surface area contributed by atoms with E-state index in [-0.39, 0.29) is 0 Å². The average Bonchev–Trinajstić information content (AvgIpc) is 2.14. The van der Waals surface area contributed by atoms with Crippen molar-refractivity contribution in [3.8, 4) is 0 Å². The van der Waals surface area contributed by atoms with E-state index in [1.54, 1.807) is 0 Å². The SMILES string of the molecule is NCc1c[nH]c(Br)c1. The average molecular weight is 175 g/mol. The van der Waals surface area contributed by atoms with E-state index in [0.29, 0.717) is 6.54 Å². The van der Waals surface area contributed by atoms with Crippen LogP contribution in [0.25, 0.3) is 0 Å². The Morgan fingerprint density at radius 1 is 1.75 bits per heavy atom. The number of aromatic amines is 1. The van der Waals surface area contributed by atoms with Gasteiger partial charge in [0.2, 0.25) is 0 Å². The quantitative estimate of drug-likeness (QED) is 0.662. The fraction of sp³-hybridized carbons (Fsp3) is 0.200. The third-order valence-corrected chi connectivity index (χ3v) is 1.40. The Morgan fingerprint density at radius 2 is 2.50 bits per heavy atom. The van der Waals surface area contributed by atoms with Crippen molar-refractivity contribution in [2.45, 2.75) is 6.54 Å². The van der Waals surface area contributed by atoms with Gasteiger partial charge in [0.05, 0.1) is 4.60 Å². The molecule has 3 N–H and O–H groups in total. The number of nitrogens with one attached hydrogen (secondary N) is 1. The molecule has 0 atom stereocenters. The smallest absolute Gasteiger partial charge is 0.0823 e. The van der Waals surface area contributed by atoms with E-state index in [2.05, 4.69) is 20.9 Å². The number of H-pyrrole nitrogens is 1. The van der Waals surface area contributed by atoms with Crippen LogP contribution in [0.15, 0.2) is 16.9 Å². The van der Waals surface area contributed by atoms with E-state index in [1.165, 1.54) is 0 Å². The molecule has 0 unspecified atom stereocenters. The second-order valence-corrected chi connectivity index (χ2v) is 2.41. The Hall–Kier alpha value is -0.280. The Morgan fingerprint density at radius 3 is 2.75 bits per heavy atom. The highest BCUT2D eigenvalue weighted by Crippen LogP contribution is 2.07. The molecule has 1 rings (SSSR count). The molecule has 2 nitrogen and oxygen atoms in total. The van der Waals surface area contributed by atoms with Gasteiger partial charge in [0, 0.05) is 12.7 Å². The summed E-state index contributed by atoms with van der Waals surface area (Å²) in [5.74, 6) is 0. The van der Waals surface area contributed by atoms with Crippen LogP contribution < -0.4 is 5.73 Å². The predicted molar refractivity (Wildman–Crippen MR) is 36.4 cm³/mol. The Balaban J connectivity index is 2.84. The van der Waals surface area contributed by atoms with Crippen LogP contribution in [-0.4, -0.2) is 4.98 Å². The zero-order valence-corrected chi connectivity index (χ0v) is 5.90. The molecule has 8 heavy (non-hydrogen) atoms. The van der Waals surface area contributed by atoms with Crippen LogP contribution in [0.1, 0.15) is 5.56 Å². The summed E-state index contributed by atoms with van der Waals surface area (Å²) in [6.07, 6.45) is 1.88. The van der Waals surface area contributed by atoms with E-state index in [1.807, 2.05) is 12.3 Å². The summed E-state index contributed by atoms with van der Waals surface area (Å²) in [6, 6.07) is 1.96. The predicted octanol–water partition coefficient (Wildman–Crippen LogP) is 1.24. The highest BCUT2D eigenvalue weighted by atomic mass is 79.9. The molecule has 0 saturated heterocycles. The number of rotatable bonds is 1. The Bertz CT molecular complexity index is 171. The minimum Gasteiger partial charge on any atom is -0.356 e. The summed E-state index contributed by atoms with van der Waals surface area (Å²) in [5, 5.41) is 0. The second-order valence-electron chi connectivity index (χ2n) is 1.56. The molecular weight excluding hydrogens is 168 g/mol. The van der Waals surface area contributed by atoms with Crippen LogP contribution in [-0.2, 0) is 6.54 Å². The monoisotopic (exact) mass is 174 g/mol. The van der Waals surface area contributed by atoms with Gasteiger partial charge in [-0.25, -0.2) is 0 Å². The standard InChI is InChI=1S/C5H7BrN2/c6-5-1-4(2-7)3-8-5/h1,3,8H,2,7H2. The zero-order valence-electron chi connectivity index (χ0n) is 4.32. The summed E-state index contributed by atoms with van der Waals surface area (Å²) in [5.41, 5.74) is 6.44. The molecular formula is C5H7BrN2. The fourth-order valence-electron chi connectivity index (χ4n) is 0.526. The lowest BCUT2D eigenvalue weighted by Crippen LogP contribution is -1.92. The highest BCUT2D eigenvalue weighted by Gasteiger charge is 1.89. The lowest BCUT2D eigenvalue weighted by Gasteiger charge is -1.80. The maximum atomic E-state index is 5.32. The van der Waals surface area contributed by atoms with Gasteiger partial charge in [-0.05, 0) is 27.6 Å². The summed E-state index contributed by atoms with van der Waals surface area (Å²) in [7, 11) is 0. The molecule has 44 valence electrons. The van der Waals surface area contributed by atoms with Gasteiger partial charge in [-0.1, -0.05) is 0 Å². The number of halogens is 1. The molecule has 1 aromatic heterocycles. The number of hydrogen-bond acceptors (Lipinski definition) is 1. The molecule has 0 spiro atoms. The summed E-state index contributed by atoms with van der Waals surface area (Å²) in [6.45, 7) is 0.599. The van der Waals surface area contributed by atoms with Crippen LogP contribution in [0.2, 0.25) is 0 Å². The van der Waals surface area contributed by atoms with E-state index in [4.69, 9.17) is 5.73 Å². The minimum atomic E-state index is 0.599. The first-order valence-electron chi connectivity index (χ1n) is 2.36. The number of hydrogen-bond donors (Lipinski definition) is 2. The normalized spacial score (nSPS) is 9.75. The van der Waals surface area contributed by atoms with E-state index < -0.39 is 0 Å². The number of nitrogens with two attached hydrogens (primary N) is 1. The molecule has 0 saturated carbocycles. The van der Waals surface area contributed by atoms with E-state index in [9.17, 15) is 0 Å². The van der Waals surface area contributed by atoms with Crippen molar-refractivity contribution in [2.24, 2.45) is 5.73 Å².